The number of hydrogen-bond acceptors (Lipinski definition) is 4. The number of benzene rings is 1. The van der Waals surface area contributed by atoms with Gasteiger partial charge in [0.2, 0.25) is 0 Å². The van der Waals surface area contributed by atoms with Crippen molar-refractivity contribution in [1.29, 1.82) is 0 Å². The predicted molar refractivity (Wildman–Crippen MR) is 78.9 cm³/mol. The van der Waals surface area contributed by atoms with Crippen LogP contribution in [0.1, 0.15) is 42.5 Å². The van der Waals surface area contributed by atoms with E-state index in [9.17, 15) is 14.3 Å². The number of nitrogens with one attached hydrogen (secondary N) is 1. The number of rotatable bonds is 5. The van der Waals surface area contributed by atoms with Crippen molar-refractivity contribution in [3.63, 3.8) is 0 Å². The third-order valence-corrected chi connectivity index (χ3v) is 4.27. The Morgan fingerprint density at radius 2 is 2.00 bits per heavy atom. The first-order chi connectivity index (χ1) is 9.97. The van der Waals surface area contributed by atoms with Crippen LogP contribution in [0.3, 0.4) is 0 Å². The molecule has 1 aromatic carbocycles. The van der Waals surface area contributed by atoms with Gasteiger partial charge in [-0.2, -0.15) is 0 Å². The summed E-state index contributed by atoms with van der Waals surface area (Å²) in [6, 6.07) is 2.22. The van der Waals surface area contributed by atoms with Crippen LogP contribution in [0.25, 0.3) is 0 Å². The fourth-order valence-electron chi connectivity index (χ4n) is 2.88. The summed E-state index contributed by atoms with van der Waals surface area (Å²) in [5.74, 6) is -2.16. The minimum Gasteiger partial charge on any atom is -0.478 e. The van der Waals surface area contributed by atoms with Gasteiger partial charge in [0.15, 0.2) is 0 Å². The number of aliphatic hydroxyl groups is 1. The molecule has 0 aromatic heterocycles. The van der Waals surface area contributed by atoms with E-state index >= 15 is 0 Å². The first-order valence-corrected chi connectivity index (χ1v) is 7.14. The summed E-state index contributed by atoms with van der Waals surface area (Å²) in [6.07, 6.45) is 5.16. The van der Waals surface area contributed by atoms with Gasteiger partial charge in [0.1, 0.15) is 5.82 Å². The molecule has 0 atom stereocenters. The lowest BCUT2D eigenvalue weighted by atomic mass is 9.74. The van der Waals surface area contributed by atoms with Crippen LogP contribution in [-0.2, 0) is 0 Å². The van der Waals surface area contributed by atoms with Crippen molar-refractivity contribution < 1.29 is 19.4 Å². The van der Waals surface area contributed by atoms with Crippen molar-refractivity contribution >= 4 is 17.3 Å². The van der Waals surface area contributed by atoms with Gasteiger partial charge in [0.05, 0.1) is 23.5 Å². The zero-order valence-electron chi connectivity index (χ0n) is 11.9. The zero-order valence-corrected chi connectivity index (χ0v) is 11.9. The molecule has 0 spiro atoms. The quantitative estimate of drug-likeness (QED) is 0.626. The molecule has 0 unspecified atom stereocenters. The van der Waals surface area contributed by atoms with Crippen LogP contribution in [0.15, 0.2) is 12.1 Å². The Balaban J connectivity index is 2.12. The van der Waals surface area contributed by atoms with E-state index in [4.69, 9.17) is 10.8 Å². The number of nitrogens with two attached hydrogens (primary N) is 1. The third-order valence-electron chi connectivity index (χ3n) is 4.27. The molecule has 0 bridgehead atoms. The number of carbonyl (C=O) groups is 1. The molecule has 0 saturated heterocycles. The first-order valence-electron chi connectivity index (χ1n) is 7.14. The van der Waals surface area contributed by atoms with Crippen molar-refractivity contribution in [3.05, 3.63) is 23.5 Å². The lowest BCUT2D eigenvalue weighted by molar-refractivity contribution is 0.0692. The smallest absolute Gasteiger partial charge is 0.338 e. The van der Waals surface area contributed by atoms with Crippen LogP contribution in [0.5, 0.6) is 0 Å². The van der Waals surface area contributed by atoms with Crippen molar-refractivity contribution in [2.24, 2.45) is 5.41 Å². The fraction of sp³-hybridized carbons (Fsp3) is 0.533. The number of halogens is 1. The minimum atomic E-state index is -1.34. The number of carboxylic acid groups (broad SMARTS) is 1. The van der Waals surface area contributed by atoms with Gasteiger partial charge in [0.25, 0.3) is 0 Å². The molecule has 6 heteroatoms. The number of hydrogen-bond donors (Lipinski definition) is 4. The number of nitrogen functional groups attached to an aromatic ring is 1. The largest absolute Gasteiger partial charge is 0.478 e. The van der Waals surface area contributed by atoms with Crippen LogP contribution in [0.2, 0.25) is 0 Å². The van der Waals surface area contributed by atoms with E-state index in [0.717, 1.165) is 37.8 Å². The molecular formula is C15H21FN2O3. The summed E-state index contributed by atoms with van der Waals surface area (Å²) in [5.41, 5.74) is 5.70. The van der Waals surface area contributed by atoms with Crippen molar-refractivity contribution in [2.75, 3.05) is 24.2 Å². The van der Waals surface area contributed by atoms with Crippen LogP contribution in [0, 0.1) is 11.2 Å². The van der Waals surface area contributed by atoms with Gasteiger partial charge >= 0.3 is 5.97 Å². The van der Waals surface area contributed by atoms with E-state index in [2.05, 4.69) is 5.32 Å². The molecule has 0 heterocycles. The molecule has 5 N–H and O–H groups in total. The number of aromatic carboxylic acids is 1. The van der Waals surface area contributed by atoms with Gasteiger partial charge in [-0.1, -0.05) is 19.3 Å². The molecule has 5 nitrogen and oxygen atoms in total. The highest BCUT2D eigenvalue weighted by molar-refractivity contribution is 5.90. The molecule has 1 aromatic rings. The average molecular weight is 296 g/mol. The van der Waals surface area contributed by atoms with E-state index < -0.39 is 17.3 Å². The molecule has 1 fully saturated rings. The number of carboxylic acids is 1. The van der Waals surface area contributed by atoms with Gasteiger partial charge in [-0.3, -0.25) is 0 Å². The Morgan fingerprint density at radius 3 is 2.57 bits per heavy atom. The maximum Gasteiger partial charge on any atom is 0.338 e. The lowest BCUT2D eigenvalue weighted by Crippen LogP contribution is -2.35. The summed E-state index contributed by atoms with van der Waals surface area (Å²) < 4.78 is 13.7. The SMILES string of the molecule is Nc1cc(C(=O)O)c(F)cc1NCC1(CO)CCCCC1. The molecular weight excluding hydrogens is 275 g/mol. The van der Waals surface area contributed by atoms with E-state index in [0.29, 0.717) is 12.2 Å². The Labute approximate surface area is 123 Å². The molecule has 0 amide bonds. The fourth-order valence-corrected chi connectivity index (χ4v) is 2.88. The van der Waals surface area contributed by atoms with E-state index in [1.165, 1.54) is 6.42 Å². The van der Waals surface area contributed by atoms with Gasteiger partial charge in [-0.05, 0) is 25.0 Å². The van der Waals surface area contributed by atoms with Gasteiger partial charge < -0.3 is 21.3 Å². The molecule has 1 aliphatic rings. The van der Waals surface area contributed by atoms with Crippen LogP contribution in [0.4, 0.5) is 15.8 Å². The zero-order chi connectivity index (χ0) is 15.5. The minimum absolute atomic E-state index is 0.0790. The second-order valence-electron chi connectivity index (χ2n) is 5.80. The van der Waals surface area contributed by atoms with Crippen LogP contribution >= 0.6 is 0 Å². The monoisotopic (exact) mass is 296 g/mol. The summed E-state index contributed by atoms with van der Waals surface area (Å²) in [7, 11) is 0. The highest BCUT2D eigenvalue weighted by atomic mass is 19.1. The van der Waals surface area contributed by atoms with E-state index in [-0.39, 0.29) is 17.7 Å². The number of anilines is 2. The maximum absolute atomic E-state index is 13.7. The second-order valence-corrected chi connectivity index (χ2v) is 5.80. The van der Waals surface area contributed by atoms with E-state index in [1.54, 1.807) is 0 Å². The molecule has 1 saturated carbocycles. The Morgan fingerprint density at radius 1 is 1.33 bits per heavy atom. The number of aliphatic hydroxyl groups excluding tert-OH is 1. The van der Waals surface area contributed by atoms with Crippen molar-refractivity contribution in [1.82, 2.24) is 0 Å². The Kier molecular flexibility index (Phi) is 4.67. The van der Waals surface area contributed by atoms with Gasteiger partial charge in [0, 0.05) is 12.0 Å². The average Bonchev–Trinajstić information content (AvgIpc) is 2.48. The van der Waals surface area contributed by atoms with Crippen molar-refractivity contribution in [2.45, 2.75) is 32.1 Å². The summed E-state index contributed by atoms with van der Waals surface area (Å²) >= 11 is 0. The third kappa shape index (κ3) is 3.44. The maximum atomic E-state index is 13.7. The van der Waals surface area contributed by atoms with Gasteiger partial charge in [-0.25, -0.2) is 9.18 Å². The Hall–Kier alpha value is -1.82. The van der Waals surface area contributed by atoms with Gasteiger partial charge in [-0.15, -0.1) is 0 Å². The van der Waals surface area contributed by atoms with Crippen LogP contribution < -0.4 is 11.1 Å². The molecule has 0 aliphatic heterocycles. The summed E-state index contributed by atoms with van der Waals surface area (Å²) in [5, 5.41) is 21.5. The topological polar surface area (TPSA) is 95.6 Å². The lowest BCUT2D eigenvalue weighted by Gasteiger charge is -2.36. The van der Waals surface area contributed by atoms with Crippen LogP contribution in [-0.4, -0.2) is 29.3 Å². The Bertz CT molecular complexity index is 528. The normalized spacial score (nSPS) is 17.4. The first kappa shape index (κ1) is 15.6. The molecule has 0 radical (unpaired) electrons. The van der Waals surface area contributed by atoms with E-state index in [1.807, 2.05) is 0 Å². The molecule has 2 rings (SSSR count). The molecule has 21 heavy (non-hydrogen) atoms. The second kappa shape index (κ2) is 6.30. The molecule has 1 aliphatic carbocycles. The highest BCUT2D eigenvalue weighted by Crippen LogP contribution is 2.36. The standard InChI is InChI=1S/C15H21FN2O3/c16-11-7-13(12(17)6-10(11)14(20)21)18-8-15(9-19)4-2-1-3-5-15/h6-7,18-19H,1-5,8-9,17H2,(H,20,21). The summed E-state index contributed by atoms with van der Waals surface area (Å²) in [6.45, 7) is 0.579. The highest BCUT2D eigenvalue weighted by Gasteiger charge is 2.31. The van der Waals surface area contributed by atoms with Crippen molar-refractivity contribution in [3.8, 4) is 0 Å². The summed E-state index contributed by atoms with van der Waals surface area (Å²) in [4.78, 5) is 10.8. The molecule has 116 valence electrons. The predicted octanol–water partition coefficient (Wildman–Crippen LogP) is 2.46.